The van der Waals surface area contributed by atoms with Crippen molar-refractivity contribution in [2.45, 2.75) is 25.4 Å². The molecule has 2 aliphatic rings. The van der Waals surface area contributed by atoms with Crippen LogP contribution in [0.2, 0.25) is 0 Å². The molecule has 1 aromatic rings. The molecule has 0 bridgehead atoms. The molecule has 7 nitrogen and oxygen atoms in total. The molecule has 1 aliphatic heterocycles. The molecule has 0 aromatic heterocycles. The van der Waals surface area contributed by atoms with Gasteiger partial charge in [0.2, 0.25) is 5.91 Å². The van der Waals surface area contributed by atoms with Gasteiger partial charge in [-0.2, -0.15) is 0 Å². The predicted octanol–water partition coefficient (Wildman–Crippen LogP) is 0.562. The summed E-state index contributed by atoms with van der Waals surface area (Å²) in [7, 11) is 1.58. The van der Waals surface area contributed by atoms with Crippen LogP contribution in [0.5, 0.6) is 0 Å². The normalized spacial score (nSPS) is 17.6. The zero-order chi connectivity index (χ0) is 17.1. The van der Waals surface area contributed by atoms with Gasteiger partial charge in [-0.3, -0.25) is 9.59 Å². The Hall–Kier alpha value is -2.57. The summed E-state index contributed by atoms with van der Waals surface area (Å²) in [4.78, 5) is 39.4. The highest BCUT2D eigenvalue weighted by Crippen LogP contribution is 2.27. The van der Waals surface area contributed by atoms with Crippen LogP contribution in [0.4, 0.5) is 4.79 Å². The quantitative estimate of drug-likeness (QED) is 0.846. The van der Waals surface area contributed by atoms with Crippen molar-refractivity contribution in [1.29, 1.82) is 0 Å². The summed E-state index contributed by atoms with van der Waals surface area (Å²) in [6.45, 7) is 1.64. The molecule has 1 heterocycles. The summed E-state index contributed by atoms with van der Waals surface area (Å²) in [6, 6.07) is 7.25. The van der Waals surface area contributed by atoms with Crippen molar-refractivity contribution in [1.82, 2.24) is 20.4 Å². The van der Waals surface area contributed by atoms with Crippen LogP contribution in [0.3, 0.4) is 0 Å². The fourth-order valence-corrected chi connectivity index (χ4v) is 2.89. The van der Waals surface area contributed by atoms with Gasteiger partial charge in [0, 0.05) is 38.3 Å². The summed E-state index contributed by atoms with van der Waals surface area (Å²) < 4.78 is 0. The van der Waals surface area contributed by atoms with Gasteiger partial charge in [-0.25, -0.2) is 4.79 Å². The van der Waals surface area contributed by atoms with E-state index in [2.05, 4.69) is 10.6 Å². The Balaban J connectivity index is 1.52. The predicted molar refractivity (Wildman–Crippen MR) is 88.4 cm³/mol. The Morgan fingerprint density at radius 3 is 2.71 bits per heavy atom. The summed E-state index contributed by atoms with van der Waals surface area (Å²) in [6.07, 6.45) is 2.17. The molecule has 2 N–H and O–H groups in total. The molecule has 2 fully saturated rings. The van der Waals surface area contributed by atoms with Crippen molar-refractivity contribution in [3.05, 3.63) is 35.4 Å². The third kappa shape index (κ3) is 3.67. The molecule has 0 unspecified atom stereocenters. The number of nitrogens with one attached hydrogen (secondary N) is 2. The van der Waals surface area contributed by atoms with Gasteiger partial charge in [0.15, 0.2) is 0 Å². The number of piperazine rings is 1. The Labute approximate surface area is 141 Å². The summed E-state index contributed by atoms with van der Waals surface area (Å²) >= 11 is 0. The lowest BCUT2D eigenvalue weighted by molar-refractivity contribution is -0.135. The third-order valence-electron chi connectivity index (χ3n) is 4.39. The number of carbonyl (C=O) groups excluding carboxylic acids is 3. The van der Waals surface area contributed by atoms with Crippen molar-refractivity contribution < 1.29 is 14.4 Å². The molecule has 1 saturated heterocycles. The number of hydrogen-bond donors (Lipinski definition) is 2. The number of amides is 4. The summed E-state index contributed by atoms with van der Waals surface area (Å²) in [5, 5.41) is 5.39. The second-order valence-corrected chi connectivity index (χ2v) is 6.18. The van der Waals surface area contributed by atoms with Crippen molar-refractivity contribution in [2.75, 3.05) is 26.7 Å². The smallest absolute Gasteiger partial charge is 0.318 e. The van der Waals surface area contributed by atoms with Crippen LogP contribution in [0.1, 0.15) is 28.8 Å². The molecule has 0 spiro atoms. The summed E-state index contributed by atoms with van der Waals surface area (Å²) in [5.41, 5.74) is 1.39. The Bertz CT molecular complexity index is 657. The highest BCUT2D eigenvalue weighted by atomic mass is 16.2. The van der Waals surface area contributed by atoms with Crippen LogP contribution in [0.15, 0.2) is 24.3 Å². The average molecular weight is 330 g/mol. The van der Waals surface area contributed by atoms with E-state index in [9.17, 15) is 14.4 Å². The first-order chi connectivity index (χ1) is 11.6. The molecule has 0 atom stereocenters. The van der Waals surface area contributed by atoms with Gasteiger partial charge in [0.05, 0.1) is 0 Å². The first-order valence-electron chi connectivity index (χ1n) is 8.21. The van der Waals surface area contributed by atoms with Gasteiger partial charge < -0.3 is 20.4 Å². The van der Waals surface area contributed by atoms with Crippen molar-refractivity contribution in [2.24, 2.45) is 0 Å². The molecule has 1 aromatic carbocycles. The van der Waals surface area contributed by atoms with Crippen LogP contribution in [0, 0.1) is 0 Å². The number of urea groups is 1. The van der Waals surface area contributed by atoms with Gasteiger partial charge in [-0.1, -0.05) is 12.1 Å². The minimum atomic E-state index is -0.246. The first-order valence-corrected chi connectivity index (χ1v) is 8.21. The molecule has 0 radical (unpaired) electrons. The topological polar surface area (TPSA) is 81.8 Å². The second kappa shape index (κ2) is 6.90. The van der Waals surface area contributed by atoms with Gasteiger partial charge in [-0.15, -0.1) is 0 Å². The van der Waals surface area contributed by atoms with Gasteiger partial charge in [0.25, 0.3) is 5.91 Å². The largest absolute Gasteiger partial charge is 0.355 e. The van der Waals surface area contributed by atoms with E-state index >= 15 is 0 Å². The maximum Gasteiger partial charge on any atom is 0.318 e. The molecular formula is C17H22N4O3. The van der Waals surface area contributed by atoms with Crippen molar-refractivity contribution in [3.63, 3.8) is 0 Å². The lowest BCUT2D eigenvalue weighted by Crippen LogP contribution is -2.55. The van der Waals surface area contributed by atoms with E-state index in [0.717, 1.165) is 18.4 Å². The SMILES string of the molecule is CNC(=O)c1cccc(CNC(=O)N2CCN(C3CC3)C(=O)C2)c1. The highest BCUT2D eigenvalue weighted by molar-refractivity contribution is 5.94. The van der Waals surface area contributed by atoms with E-state index in [0.29, 0.717) is 31.2 Å². The van der Waals surface area contributed by atoms with E-state index in [1.165, 1.54) is 0 Å². The minimum absolute atomic E-state index is 0.0283. The van der Waals surface area contributed by atoms with E-state index in [4.69, 9.17) is 0 Å². The van der Waals surface area contributed by atoms with E-state index in [1.54, 1.807) is 30.1 Å². The molecule has 1 aliphatic carbocycles. The fourth-order valence-electron chi connectivity index (χ4n) is 2.89. The maximum atomic E-state index is 12.2. The molecule has 4 amide bonds. The molecule has 24 heavy (non-hydrogen) atoms. The monoisotopic (exact) mass is 330 g/mol. The van der Waals surface area contributed by atoms with Crippen LogP contribution in [-0.2, 0) is 11.3 Å². The highest BCUT2D eigenvalue weighted by Gasteiger charge is 2.36. The lowest BCUT2D eigenvalue weighted by Gasteiger charge is -2.34. The van der Waals surface area contributed by atoms with Gasteiger partial charge >= 0.3 is 6.03 Å². The lowest BCUT2D eigenvalue weighted by atomic mass is 10.1. The number of nitrogens with zero attached hydrogens (tertiary/aromatic N) is 2. The number of hydrogen-bond acceptors (Lipinski definition) is 3. The molecule has 128 valence electrons. The Morgan fingerprint density at radius 2 is 2.04 bits per heavy atom. The Morgan fingerprint density at radius 1 is 1.25 bits per heavy atom. The first kappa shape index (κ1) is 16.3. The molecule has 1 saturated carbocycles. The number of rotatable bonds is 4. The fraction of sp³-hybridized carbons (Fsp3) is 0.471. The van der Waals surface area contributed by atoms with E-state index in [1.807, 2.05) is 11.0 Å². The van der Waals surface area contributed by atoms with Gasteiger partial charge in [-0.05, 0) is 30.5 Å². The van der Waals surface area contributed by atoms with Crippen LogP contribution in [-0.4, -0.2) is 60.4 Å². The summed E-state index contributed by atoms with van der Waals surface area (Å²) in [5.74, 6) is -0.134. The molecule has 3 rings (SSSR count). The number of benzene rings is 1. The van der Waals surface area contributed by atoms with Crippen molar-refractivity contribution >= 4 is 17.8 Å². The van der Waals surface area contributed by atoms with Gasteiger partial charge in [0.1, 0.15) is 6.54 Å². The second-order valence-electron chi connectivity index (χ2n) is 6.18. The standard InChI is InChI=1S/C17H22N4O3/c1-18-16(23)13-4-2-3-12(9-13)10-19-17(24)20-7-8-21(14-5-6-14)15(22)11-20/h2-4,9,14H,5-8,10-11H2,1H3,(H,18,23)(H,19,24). The average Bonchev–Trinajstić information content (AvgIpc) is 3.44. The zero-order valence-electron chi connectivity index (χ0n) is 13.7. The van der Waals surface area contributed by atoms with Crippen LogP contribution < -0.4 is 10.6 Å². The minimum Gasteiger partial charge on any atom is -0.355 e. The number of carbonyl (C=O) groups is 3. The molecule has 7 heteroatoms. The van der Waals surface area contributed by atoms with Crippen LogP contribution in [0.25, 0.3) is 0 Å². The van der Waals surface area contributed by atoms with E-state index < -0.39 is 0 Å². The third-order valence-corrected chi connectivity index (χ3v) is 4.39. The molecular weight excluding hydrogens is 308 g/mol. The van der Waals surface area contributed by atoms with Crippen molar-refractivity contribution in [3.8, 4) is 0 Å². The van der Waals surface area contributed by atoms with E-state index in [-0.39, 0.29) is 24.4 Å². The zero-order valence-corrected chi connectivity index (χ0v) is 13.7. The van der Waals surface area contributed by atoms with Crippen LogP contribution >= 0.6 is 0 Å². The Kier molecular flexibility index (Phi) is 4.69. The maximum absolute atomic E-state index is 12.2.